The van der Waals surface area contributed by atoms with E-state index in [0.29, 0.717) is 11.0 Å². The normalized spacial score (nSPS) is 25.8. The van der Waals surface area contributed by atoms with Crippen LogP contribution in [0.4, 0.5) is 15.0 Å². The Morgan fingerprint density at radius 2 is 2.27 bits per heavy atom. The number of rotatable bonds is 4. The molecule has 4 atom stereocenters. The molecule has 0 amide bonds. The molecule has 0 aromatic carbocycles. The first-order valence-corrected chi connectivity index (χ1v) is 8.95. The zero-order chi connectivity index (χ0) is 19.0. The molecule has 26 heavy (non-hydrogen) atoms. The maximum absolute atomic E-state index is 15.0. The summed E-state index contributed by atoms with van der Waals surface area (Å²) in [4.78, 5) is 19.8. The lowest BCUT2D eigenvalue weighted by Crippen LogP contribution is -2.36. The van der Waals surface area contributed by atoms with E-state index in [1.807, 2.05) is 22.6 Å². The van der Waals surface area contributed by atoms with Crippen LogP contribution in [0.5, 0.6) is 0 Å². The highest BCUT2D eigenvalue weighted by Gasteiger charge is 2.49. The highest BCUT2D eigenvalue weighted by atomic mass is 127. The predicted octanol–water partition coefficient (Wildman–Crippen LogP) is 1.78. The van der Waals surface area contributed by atoms with Crippen molar-refractivity contribution in [1.82, 2.24) is 14.5 Å². The van der Waals surface area contributed by atoms with Gasteiger partial charge in [0.25, 0.3) is 0 Å². The molecule has 0 radical (unpaired) electrons. The number of hydrogen-bond acceptors (Lipinski definition) is 8. The lowest BCUT2D eigenvalue weighted by atomic mass is 10.1. The second kappa shape index (κ2) is 7.48. The Bertz CT molecular complexity index is 817. The summed E-state index contributed by atoms with van der Waals surface area (Å²) < 4.78 is 32.7. The summed E-state index contributed by atoms with van der Waals surface area (Å²) >= 11 is 2.04. The highest BCUT2D eigenvalue weighted by molar-refractivity contribution is 14.1. The molecule has 1 saturated heterocycles. The van der Waals surface area contributed by atoms with Crippen LogP contribution in [-0.2, 0) is 14.2 Å². The van der Waals surface area contributed by atoms with Crippen LogP contribution in [0.15, 0.2) is 12.5 Å². The van der Waals surface area contributed by atoms with Gasteiger partial charge in [-0.1, -0.05) is 0 Å². The van der Waals surface area contributed by atoms with Crippen LogP contribution >= 0.6 is 22.6 Å². The lowest BCUT2D eigenvalue weighted by Gasteiger charge is -2.19. The number of aromatic nitrogens is 3. The molecular formula is C15H18FIN4O5. The molecule has 0 unspecified atom stereocenters. The Balaban J connectivity index is 1.90. The first-order valence-electron chi connectivity index (χ1n) is 7.87. The fraction of sp³-hybridized carbons (Fsp3) is 0.533. The predicted molar refractivity (Wildman–Crippen MR) is 97.0 cm³/mol. The van der Waals surface area contributed by atoms with Crippen LogP contribution in [0.2, 0.25) is 0 Å². The van der Waals surface area contributed by atoms with Gasteiger partial charge < -0.3 is 29.6 Å². The topological polar surface area (TPSA) is 122 Å². The van der Waals surface area contributed by atoms with E-state index in [1.54, 1.807) is 20.0 Å². The number of carbonyl (C=O) groups is 1. The van der Waals surface area contributed by atoms with Crippen molar-refractivity contribution in [3.63, 3.8) is 0 Å². The van der Waals surface area contributed by atoms with Gasteiger partial charge in [0.05, 0.1) is 18.1 Å². The second-order valence-electron chi connectivity index (χ2n) is 6.03. The number of halogens is 2. The maximum Gasteiger partial charge on any atom is 0.509 e. The summed E-state index contributed by atoms with van der Waals surface area (Å²) in [5.41, 5.74) is 6.25. The van der Waals surface area contributed by atoms with Gasteiger partial charge >= 0.3 is 6.16 Å². The van der Waals surface area contributed by atoms with Gasteiger partial charge in [-0.2, -0.15) is 0 Å². The monoisotopic (exact) mass is 480 g/mol. The molecule has 0 spiro atoms. The fourth-order valence-corrected chi connectivity index (χ4v) is 3.61. The van der Waals surface area contributed by atoms with E-state index >= 15 is 4.39 Å². The number of fused-ring (bicyclic) bond motifs is 1. The zero-order valence-corrected chi connectivity index (χ0v) is 16.2. The summed E-state index contributed by atoms with van der Waals surface area (Å²) in [7, 11) is 0. The number of alkyl halides is 1. The van der Waals surface area contributed by atoms with Crippen LogP contribution in [0, 0.1) is 3.57 Å². The number of ether oxygens (including phenoxy) is 3. The maximum atomic E-state index is 15.0. The third-order valence-electron chi connectivity index (χ3n) is 3.88. The molecule has 9 nitrogen and oxygen atoms in total. The summed E-state index contributed by atoms with van der Waals surface area (Å²) in [6, 6.07) is 0. The molecule has 1 fully saturated rings. The third-order valence-corrected chi connectivity index (χ3v) is 4.70. The van der Waals surface area contributed by atoms with Gasteiger partial charge in [-0.25, -0.2) is 19.2 Å². The Hall–Kier alpha value is -1.73. The molecule has 2 aromatic rings. The molecule has 3 N–H and O–H groups in total. The van der Waals surface area contributed by atoms with Crippen molar-refractivity contribution in [3.05, 3.63) is 16.1 Å². The van der Waals surface area contributed by atoms with E-state index in [9.17, 15) is 9.90 Å². The molecule has 3 heterocycles. The molecule has 3 rings (SSSR count). The van der Waals surface area contributed by atoms with E-state index in [0.717, 1.165) is 3.57 Å². The van der Waals surface area contributed by atoms with E-state index < -0.39 is 43.5 Å². The first kappa shape index (κ1) is 19.0. The number of anilines is 1. The van der Waals surface area contributed by atoms with Gasteiger partial charge in [-0.15, -0.1) is 0 Å². The van der Waals surface area contributed by atoms with Gasteiger partial charge in [0.2, 0.25) is 0 Å². The molecule has 0 aliphatic carbocycles. The van der Waals surface area contributed by atoms with E-state index in [2.05, 4.69) is 9.97 Å². The van der Waals surface area contributed by atoms with Crippen LogP contribution in [0.1, 0.15) is 20.1 Å². The van der Waals surface area contributed by atoms with Gasteiger partial charge in [0.15, 0.2) is 18.5 Å². The van der Waals surface area contributed by atoms with E-state index in [-0.39, 0.29) is 5.82 Å². The van der Waals surface area contributed by atoms with Crippen molar-refractivity contribution < 1.29 is 28.5 Å². The molecule has 2 aromatic heterocycles. The molecule has 1 aliphatic heterocycles. The molecule has 142 valence electrons. The van der Waals surface area contributed by atoms with Crippen molar-refractivity contribution in [1.29, 1.82) is 0 Å². The lowest BCUT2D eigenvalue weighted by molar-refractivity contribution is -0.0586. The SMILES string of the molecule is CC(C)OC(=O)O[C@H]1[C@H](F)[C@H](n2cc(I)c3c(N)ncnc32)O[C@@H]1CO. The van der Waals surface area contributed by atoms with Gasteiger partial charge in [0, 0.05) is 9.77 Å². The Morgan fingerprint density at radius 3 is 2.92 bits per heavy atom. The quantitative estimate of drug-likeness (QED) is 0.502. The van der Waals surface area contributed by atoms with Crippen LogP contribution < -0.4 is 5.73 Å². The number of nitrogens with two attached hydrogens (primary N) is 1. The smallest absolute Gasteiger partial charge is 0.432 e. The Labute approximate surface area is 161 Å². The van der Waals surface area contributed by atoms with Crippen molar-refractivity contribution in [2.45, 2.75) is 44.6 Å². The summed E-state index contributed by atoms with van der Waals surface area (Å²) in [5.74, 6) is 0.263. The van der Waals surface area contributed by atoms with Crippen molar-refractivity contribution in [2.75, 3.05) is 12.3 Å². The largest absolute Gasteiger partial charge is 0.509 e. The van der Waals surface area contributed by atoms with Gasteiger partial charge in [-0.05, 0) is 36.4 Å². The van der Waals surface area contributed by atoms with Crippen molar-refractivity contribution >= 4 is 45.6 Å². The minimum Gasteiger partial charge on any atom is -0.432 e. The van der Waals surface area contributed by atoms with Crippen LogP contribution in [-0.4, -0.2) is 56.9 Å². The number of hydrogen-bond donors (Lipinski definition) is 2. The Morgan fingerprint density at radius 1 is 1.54 bits per heavy atom. The van der Waals surface area contributed by atoms with Crippen molar-refractivity contribution in [3.8, 4) is 0 Å². The zero-order valence-electron chi connectivity index (χ0n) is 14.0. The average Bonchev–Trinajstić information content (AvgIpc) is 3.06. The molecule has 0 bridgehead atoms. The molecular weight excluding hydrogens is 462 g/mol. The number of nitrogen functional groups attached to an aromatic ring is 1. The number of aliphatic hydroxyl groups excluding tert-OH is 1. The highest BCUT2D eigenvalue weighted by Crippen LogP contribution is 2.37. The summed E-state index contributed by atoms with van der Waals surface area (Å²) in [5, 5.41) is 10.1. The molecule has 11 heteroatoms. The van der Waals surface area contributed by atoms with Crippen molar-refractivity contribution in [2.24, 2.45) is 0 Å². The minimum atomic E-state index is -1.74. The number of carbonyl (C=O) groups excluding carboxylic acids is 1. The number of nitrogens with zero attached hydrogens (tertiary/aromatic N) is 3. The standard InChI is InChI=1S/C15H18FIN4O5/c1-6(2)24-15(23)26-11-8(4-22)25-14(10(11)16)21-3-7(17)9-12(18)19-5-20-13(9)21/h3,5-6,8,10-11,14,22H,4H2,1-2H3,(H2,18,19,20)/t8-,10+,11-,14-/m1/s1. The summed E-state index contributed by atoms with van der Waals surface area (Å²) in [6.45, 7) is 2.76. The number of aliphatic hydroxyl groups is 1. The second-order valence-corrected chi connectivity index (χ2v) is 7.20. The van der Waals surface area contributed by atoms with Crippen LogP contribution in [0.25, 0.3) is 11.0 Å². The molecule has 0 saturated carbocycles. The summed E-state index contributed by atoms with van der Waals surface area (Å²) in [6.07, 6.45) is -3.79. The van der Waals surface area contributed by atoms with Gasteiger partial charge in [0.1, 0.15) is 23.9 Å². The molecule has 1 aliphatic rings. The minimum absolute atomic E-state index is 0.263. The van der Waals surface area contributed by atoms with E-state index in [1.165, 1.54) is 10.9 Å². The Kier molecular flexibility index (Phi) is 5.48. The van der Waals surface area contributed by atoms with E-state index in [4.69, 9.17) is 19.9 Å². The fourth-order valence-electron chi connectivity index (χ4n) is 2.79. The third kappa shape index (κ3) is 3.42. The van der Waals surface area contributed by atoms with Crippen LogP contribution in [0.3, 0.4) is 0 Å². The van der Waals surface area contributed by atoms with Gasteiger partial charge in [-0.3, -0.25) is 0 Å². The average molecular weight is 480 g/mol. The first-order chi connectivity index (χ1) is 12.3.